The number of halogens is 1. The number of ether oxygens (including phenoxy) is 1. The fourth-order valence-electron chi connectivity index (χ4n) is 4.00. The fraction of sp³-hybridized carbons (Fsp3) is 0.696. The molecule has 0 aliphatic carbocycles. The van der Waals surface area contributed by atoms with Crippen LogP contribution in [0.15, 0.2) is 29.3 Å². The Balaban J connectivity index is 0.00000450. The van der Waals surface area contributed by atoms with E-state index in [1.54, 1.807) is 7.11 Å². The van der Waals surface area contributed by atoms with Crippen LogP contribution < -0.4 is 20.3 Å². The minimum atomic E-state index is 0. The monoisotopic (exact) mass is 531 g/mol. The topological polar surface area (TPSA) is 52.1 Å². The largest absolute Gasteiger partial charge is 0.497 e. The lowest BCUT2D eigenvalue weighted by molar-refractivity contribution is 0.178. The molecule has 2 rings (SSSR count). The van der Waals surface area contributed by atoms with E-state index in [2.05, 4.69) is 73.3 Å². The van der Waals surface area contributed by atoms with Crippen LogP contribution in [-0.4, -0.2) is 69.3 Å². The van der Waals surface area contributed by atoms with Gasteiger partial charge in [0, 0.05) is 63.1 Å². The number of guanidine groups is 1. The van der Waals surface area contributed by atoms with Crippen molar-refractivity contribution in [2.45, 2.75) is 53.1 Å². The number of rotatable bonds is 10. The number of aliphatic imine (C=N–C) groups is 1. The van der Waals surface area contributed by atoms with Gasteiger partial charge in [-0.15, -0.1) is 24.0 Å². The normalized spacial score (nSPS) is 16.9. The molecule has 1 heterocycles. The van der Waals surface area contributed by atoms with Gasteiger partial charge in [-0.05, 0) is 59.1 Å². The van der Waals surface area contributed by atoms with E-state index in [1.165, 1.54) is 12.1 Å². The van der Waals surface area contributed by atoms with Gasteiger partial charge in [0.2, 0.25) is 0 Å². The molecule has 0 amide bonds. The number of benzene rings is 1. The van der Waals surface area contributed by atoms with Crippen LogP contribution in [0.1, 0.15) is 41.0 Å². The predicted molar refractivity (Wildman–Crippen MR) is 140 cm³/mol. The van der Waals surface area contributed by atoms with Crippen LogP contribution in [0.25, 0.3) is 0 Å². The molecular weight excluding hydrogens is 489 g/mol. The van der Waals surface area contributed by atoms with Crippen LogP contribution in [0.4, 0.5) is 5.69 Å². The molecule has 0 saturated carbocycles. The molecule has 1 atom stereocenters. The molecule has 0 bridgehead atoms. The Labute approximate surface area is 200 Å². The first-order chi connectivity index (χ1) is 13.9. The van der Waals surface area contributed by atoms with Crippen molar-refractivity contribution in [3.8, 4) is 5.75 Å². The average molecular weight is 532 g/mol. The summed E-state index contributed by atoms with van der Waals surface area (Å²) >= 11 is 0. The number of hydrogen-bond donors (Lipinski definition) is 2. The molecule has 30 heavy (non-hydrogen) atoms. The SMILES string of the molecule is CCNC(=NCC1CCN(c2cccc(OC)c2)C1)NCCN(C(C)C)C(C)C.I. The molecule has 1 aliphatic heterocycles. The average Bonchev–Trinajstić information content (AvgIpc) is 3.17. The van der Waals surface area contributed by atoms with Crippen molar-refractivity contribution in [3.63, 3.8) is 0 Å². The minimum Gasteiger partial charge on any atom is -0.497 e. The molecule has 1 aromatic rings. The second kappa shape index (κ2) is 14.0. The Morgan fingerprint density at radius 2 is 1.97 bits per heavy atom. The summed E-state index contributed by atoms with van der Waals surface area (Å²) in [5.74, 6) is 2.43. The summed E-state index contributed by atoms with van der Waals surface area (Å²) in [4.78, 5) is 9.80. The highest BCUT2D eigenvalue weighted by atomic mass is 127. The Bertz CT molecular complexity index is 630. The van der Waals surface area contributed by atoms with Crippen molar-refractivity contribution in [1.29, 1.82) is 0 Å². The summed E-state index contributed by atoms with van der Waals surface area (Å²) in [6.45, 7) is 16.9. The number of hydrogen-bond acceptors (Lipinski definition) is 4. The third-order valence-corrected chi connectivity index (χ3v) is 5.55. The summed E-state index contributed by atoms with van der Waals surface area (Å²) in [6, 6.07) is 9.44. The van der Waals surface area contributed by atoms with Gasteiger partial charge in [-0.2, -0.15) is 0 Å². The molecule has 1 fully saturated rings. The first-order valence-corrected chi connectivity index (χ1v) is 11.1. The van der Waals surface area contributed by atoms with E-state index in [-0.39, 0.29) is 24.0 Å². The fourth-order valence-corrected chi connectivity index (χ4v) is 4.00. The molecular formula is C23H42IN5O. The van der Waals surface area contributed by atoms with E-state index in [9.17, 15) is 0 Å². The second-order valence-corrected chi connectivity index (χ2v) is 8.37. The van der Waals surface area contributed by atoms with E-state index in [1.807, 2.05) is 6.07 Å². The zero-order valence-electron chi connectivity index (χ0n) is 19.6. The second-order valence-electron chi connectivity index (χ2n) is 8.37. The predicted octanol–water partition coefficient (Wildman–Crippen LogP) is 3.81. The highest BCUT2D eigenvalue weighted by molar-refractivity contribution is 14.0. The van der Waals surface area contributed by atoms with Gasteiger partial charge in [0.15, 0.2) is 5.96 Å². The summed E-state index contributed by atoms with van der Waals surface area (Å²) in [5.41, 5.74) is 1.24. The molecule has 0 spiro atoms. The third-order valence-electron chi connectivity index (χ3n) is 5.55. The first kappa shape index (κ1) is 26.8. The Morgan fingerprint density at radius 3 is 2.60 bits per heavy atom. The van der Waals surface area contributed by atoms with Gasteiger partial charge in [-0.25, -0.2) is 0 Å². The molecule has 1 aliphatic rings. The smallest absolute Gasteiger partial charge is 0.191 e. The van der Waals surface area contributed by atoms with Gasteiger partial charge >= 0.3 is 0 Å². The standard InChI is InChI=1S/C23H41N5O.HI/c1-7-24-23(25-12-14-28(18(2)3)19(4)5)26-16-20-11-13-27(17-20)21-9-8-10-22(15-21)29-6;/h8-10,15,18-20H,7,11-14,16-17H2,1-6H3,(H2,24,25,26);1H. The number of nitrogens with zero attached hydrogens (tertiary/aromatic N) is 3. The summed E-state index contributed by atoms with van der Waals surface area (Å²) in [7, 11) is 1.72. The molecule has 0 aromatic heterocycles. The van der Waals surface area contributed by atoms with Crippen LogP contribution in [0, 0.1) is 5.92 Å². The lowest BCUT2D eigenvalue weighted by atomic mass is 10.1. The maximum Gasteiger partial charge on any atom is 0.191 e. The van der Waals surface area contributed by atoms with Crippen LogP contribution >= 0.6 is 24.0 Å². The van der Waals surface area contributed by atoms with Crippen LogP contribution in [0.2, 0.25) is 0 Å². The van der Waals surface area contributed by atoms with Crippen molar-refractivity contribution in [2.75, 3.05) is 51.3 Å². The molecule has 1 saturated heterocycles. The maximum atomic E-state index is 5.36. The maximum absolute atomic E-state index is 5.36. The third kappa shape index (κ3) is 8.49. The zero-order chi connectivity index (χ0) is 21.2. The zero-order valence-corrected chi connectivity index (χ0v) is 22.0. The molecule has 172 valence electrons. The van der Waals surface area contributed by atoms with E-state index in [0.717, 1.165) is 51.0 Å². The van der Waals surface area contributed by atoms with Crippen molar-refractivity contribution in [1.82, 2.24) is 15.5 Å². The Kier molecular flexibility index (Phi) is 12.5. The highest BCUT2D eigenvalue weighted by Gasteiger charge is 2.23. The molecule has 7 heteroatoms. The van der Waals surface area contributed by atoms with Gasteiger partial charge in [0.1, 0.15) is 5.75 Å². The number of methoxy groups -OCH3 is 1. The molecule has 2 N–H and O–H groups in total. The number of anilines is 1. The van der Waals surface area contributed by atoms with Crippen molar-refractivity contribution in [2.24, 2.45) is 10.9 Å². The van der Waals surface area contributed by atoms with E-state index in [0.29, 0.717) is 18.0 Å². The van der Waals surface area contributed by atoms with Gasteiger partial charge < -0.3 is 20.3 Å². The van der Waals surface area contributed by atoms with Gasteiger partial charge in [0.05, 0.1) is 7.11 Å². The highest BCUT2D eigenvalue weighted by Crippen LogP contribution is 2.26. The van der Waals surface area contributed by atoms with Crippen molar-refractivity contribution < 1.29 is 4.74 Å². The summed E-state index contributed by atoms with van der Waals surface area (Å²) < 4.78 is 5.36. The summed E-state index contributed by atoms with van der Waals surface area (Å²) in [5, 5.41) is 6.90. The molecule has 6 nitrogen and oxygen atoms in total. The molecule has 1 unspecified atom stereocenters. The van der Waals surface area contributed by atoms with Crippen LogP contribution in [0.3, 0.4) is 0 Å². The van der Waals surface area contributed by atoms with E-state index >= 15 is 0 Å². The minimum absolute atomic E-state index is 0. The van der Waals surface area contributed by atoms with E-state index in [4.69, 9.17) is 9.73 Å². The van der Waals surface area contributed by atoms with E-state index < -0.39 is 0 Å². The lowest BCUT2D eigenvalue weighted by Gasteiger charge is -2.30. The van der Waals surface area contributed by atoms with Gasteiger partial charge in [0.25, 0.3) is 0 Å². The van der Waals surface area contributed by atoms with Gasteiger partial charge in [-0.3, -0.25) is 9.89 Å². The van der Waals surface area contributed by atoms with Crippen molar-refractivity contribution in [3.05, 3.63) is 24.3 Å². The quantitative estimate of drug-likeness (QED) is 0.273. The van der Waals surface area contributed by atoms with Crippen LogP contribution in [0.5, 0.6) is 5.75 Å². The van der Waals surface area contributed by atoms with Crippen molar-refractivity contribution >= 4 is 35.6 Å². The first-order valence-electron chi connectivity index (χ1n) is 11.1. The Morgan fingerprint density at radius 1 is 1.23 bits per heavy atom. The number of nitrogens with one attached hydrogen (secondary N) is 2. The van der Waals surface area contributed by atoms with Gasteiger partial charge in [-0.1, -0.05) is 6.07 Å². The summed E-state index contributed by atoms with van der Waals surface area (Å²) in [6.07, 6.45) is 1.18. The van der Waals surface area contributed by atoms with Crippen LogP contribution in [-0.2, 0) is 0 Å². The Hall–Kier alpha value is -1.22. The lowest BCUT2D eigenvalue weighted by Crippen LogP contribution is -2.45. The molecule has 1 aromatic carbocycles. The molecule has 0 radical (unpaired) electrons.